The summed E-state index contributed by atoms with van der Waals surface area (Å²) in [5.74, 6) is -0.511. The molecule has 1 aliphatic heterocycles. The summed E-state index contributed by atoms with van der Waals surface area (Å²) in [7, 11) is 6.72. The molecular weight excluding hydrogens is 376 g/mol. The van der Waals surface area contributed by atoms with Crippen LogP contribution in [0.15, 0.2) is 46.6 Å². The van der Waals surface area contributed by atoms with E-state index in [4.69, 9.17) is 13.9 Å². The molecule has 0 spiro atoms. The van der Waals surface area contributed by atoms with Crippen molar-refractivity contribution in [1.82, 2.24) is 9.80 Å². The van der Waals surface area contributed by atoms with Crippen LogP contribution in [-0.4, -0.2) is 68.0 Å². The third kappa shape index (κ3) is 3.84. The quantitative estimate of drug-likeness (QED) is 0.433. The van der Waals surface area contributed by atoms with Crippen molar-refractivity contribution < 1.29 is 28.6 Å². The number of Topliss-reactive ketones (excluding diaryl/α,β-unsaturated/α-hetero) is 1. The molecule has 2 heterocycles. The number of aliphatic hydroxyl groups is 1. The van der Waals surface area contributed by atoms with E-state index in [-0.39, 0.29) is 16.9 Å². The standard InChI is InChI=1S/C21H24N2O6/c1-22(2)9-10-23-18(15-6-5-11-29-15)17(20(25)21(23)26)19(24)14-8-7-13(27-3)12-16(14)28-4/h5-8,11-12,18,24H,9-10H2,1-4H3. The first-order chi connectivity index (χ1) is 13.9. The number of nitrogens with zero attached hydrogens (tertiary/aromatic N) is 2. The van der Waals surface area contributed by atoms with E-state index in [2.05, 4.69) is 0 Å². The normalized spacial score (nSPS) is 18.5. The minimum absolute atomic E-state index is 0.0350. The number of methoxy groups -OCH3 is 2. The van der Waals surface area contributed by atoms with Crippen molar-refractivity contribution in [3.63, 3.8) is 0 Å². The van der Waals surface area contributed by atoms with Crippen molar-refractivity contribution in [3.8, 4) is 11.5 Å². The molecule has 1 atom stereocenters. The molecule has 0 radical (unpaired) electrons. The molecule has 2 aromatic rings. The van der Waals surface area contributed by atoms with Gasteiger partial charge in [-0.05, 0) is 38.4 Å². The van der Waals surface area contributed by atoms with Crippen LogP contribution in [0.1, 0.15) is 17.4 Å². The highest BCUT2D eigenvalue weighted by Crippen LogP contribution is 2.41. The second kappa shape index (κ2) is 8.40. The summed E-state index contributed by atoms with van der Waals surface area (Å²) in [5, 5.41) is 11.1. The Balaban J connectivity index is 2.14. The van der Waals surface area contributed by atoms with E-state index < -0.39 is 17.7 Å². The van der Waals surface area contributed by atoms with Gasteiger partial charge < -0.3 is 28.8 Å². The van der Waals surface area contributed by atoms with Crippen molar-refractivity contribution in [3.05, 3.63) is 53.5 Å². The maximum Gasteiger partial charge on any atom is 0.295 e. The SMILES string of the molecule is COc1ccc(C(O)=C2C(=O)C(=O)N(CCN(C)C)C2c2ccco2)c(OC)c1. The fourth-order valence-electron chi connectivity index (χ4n) is 3.30. The number of amides is 1. The first-order valence-corrected chi connectivity index (χ1v) is 9.08. The highest BCUT2D eigenvalue weighted by molar-refractivity contribution is 6.46. The number of benzene rings is 1. The van der Waals surface area contributed by atoms with Gasteiger partial charge in [0.2, 0.25) is 0 Å². The number of likely N-dealkylation sites (tertiary alicyclic amines) is 1. The third-order valence-electron chi connectivity index (χ3n) is 4.80. The number of hydrogen-bond donors (Lipinski definition) is 1. The van der Waals surface area contributed by atoms with Crippen LogP contribution in [0.5, 0.6) is 11.5 Å². The Labute approximate surface area is 168 Å². The molecule has 1 aliphatic rings. The summed E-state index contributed by atoms with van der Waals surface area (Å²) >= 11 is 0. The van der Waals surface area contributed by atoms with Crippen LogP contribution in [0.4, 0.5) is 0 Å². The fraction of sp³-hybridized carbons (Fsp3) is 0.333. The zero-order valence-corrected chi connectivity index (χ0v) is 16.8. The van der Waals surface area contributed by atoms with E-state index in [1.54, 1.807) is 30.3 Å². The molecule has 1 aromatic heterocycles. The Morgan fingerprint density at radius 2 is 1.97 bits per heavy atom. The van der Waals surface area contributed by atoms with Gasteiger partial charge in [0.25, 0.3) is 11.7 Å². The van der Waals surface area contributed by atoms with Gasteiger partial charge in [0.1, 0.15) is 29.1 Å². The fourth-order valence-corrected chi connectivity index (χ4v) is 3.30. The highest BCUT2D eigenvalue weighted by atomic mass is 16.5. The number of ether oxygens (including phenoxy) is 2. The first kappa shape index (κ1) is 20.5. The molecule has 0 aliphatic carbocycles. The minimum Gasteiger partial charge on any atom is -0.507 e. The van der Waals surface area contributed by atoms with Crippen LogP contribution in [-0.2, 0) is 9.59 Å². The van der Waals surface area contributed by atoms with Gasteiger partial charge in [-0.3, -0.25) is 9.59 Å². The van der Waals surface area contributed by atoms with E-state index in [0.717, 1.165) is 0 Å². The van der Waals surface area contributed by atoms with E-state index in [0.29, 0.717) is 30.3 Å². The van der Waals surface area contributed by atoms with Gasteiger partial charge in [0.05, 0.1) is 31.6 Å². The lowest BCUT2D eigenvalue weighted by atomic mass is 9.98. The molecule has 0 bridgehead atoms. The largest absolute Gasteiger partial charge is 0.507 e. The molecule has 0 saturated carbocycles. The summed E-state index contributed by atoms with van der Waals surface area (Å²) in [6.45, 7) is 0.857. The van der Waals surface area contributed by atoms with Crippen molar-refractivity contribution in [2.24, 2.45) is 0 Å². The molecule has 29 heavy (non-hydrogen) atoms. The second-order valence-electron chi connectivity index (χ2n) is 6.88. The van der Waals surface area contributed by atoms with Crippen LogP contribution < -0.4 is 9.47 Å². The lowest BCUT2D eigenvalue weighted by Gasteiger charge is -2.24. The lowest BCUT2D eigenvalue weighted by Crippen LogP contribution is -2.35. The van der Waals surface area contributed by atoms with Crippen LogP contribution in [0.2, 0.25) is 0 Å². The number of rotatable bonds is 7. The van der Waals surface area contributed by atoms with Gasteiger partial charge in [-0.15, -0.1) is 0 Å². The van der Waals surface area contributed by atoms with E-state index >= 15 is 0 Å². The zero-order valence-electron chi connectivity index (χ0n) is 16.8. The Kier molecular flexibility index (Phi) is 5.93. The van der Waals surface area contributed by atoms with Crippen molar-refractivity contribution in [1.29, 1.82) is 0 Å². The summed E-state index contributed by atoms with van der Waals surface area (Å²) in [5.41, 5.74) is 0.252. The van der Waals surface area contributed by atoms with Crippen molar-refractivity contribution in [2.75, 3.05) is 41.4 Å². The predicted octanol–water partition coefficient (Wildman–Crippen LogP) is 2.28. The molecule has 8 heteroatoms. The molecule has 1 aromatic carbocycles. The number of ketones is 1. The van der Waals surface area contributed by atoms with Gasteiger partial charge >= 0.3 is 0 Å². The maximum absolute atomic E-state index is 12.9. The Hall–Kier alpha value is -3.26. The molecule has 3 rings (SSSR count). The van der Waals surface area contributed by atoms with Gasteiger partial charge in [-0.2, -0.15) is 0 Å². The van der Waals surface area contributed by atoms with E-state index in [1.807, 2.05) is 19.0 Å². The first-order valence-electron chi connectivity index (χ1n) is 9.08. The van der Waals surface area contributed by atoms with Gasteiger partial charge in [-0.25, -0.2) is 0 Å². The second-order valence-corrected chi connectivity index (χ2v) is 6.88. The van der Waals surface area contributed by atoms with Crippen LogP contribution in [0.25, 0.3) is 5.76 Å². The summed E-state index contributed by atoms with van der Waals surface area (Å²) in [6, 6.07) is 7.35. The Morgan fingerprint density at radius 1 is 1.21 bits per heavy atom. The molecule has 1 N–H and O–H groups in total. The molecule has 154 valence electrons. The van der Waals surface area contributed by atoms with Gasteiger partial charge in [-0.1, -0.05) is 0 Å². The van der Waals surface area contributed by atoms with Crippen molar-refractivity contribution >= 4 is 17.4 Å². The monoisotopic (exact) mass is 400 g/mol. The molecule has 1 unspecified atom stereocenters. The summed E-state index contributed by atoms with van der Waals surface area (Å²) in [4.78, 5) is 28.9. The number of carbonyl (C=O) groups is 2. The number of carbonyl (C=O) groups excluding carboxylic acids is 2. The average molecular weight is 400 g/mol. The zero-order chi connectivity index (χ0) is 21.1. The minimum atomic E-state index is -0.822. The van der Waals surface area contributed by atoms with E-state index in [9.17, 15) is 14.7 Å². The molecular formula is C21H24N2O6. The smallest absolute Gasteiger partial charge is 0.295 e. The maximum atomic E-state index is 12.9. The predicted molar refractivity (Wildman–Crippen MR) is 106 cm³/mol. The van der Waals surface area contributed by atoms with E-state index in [1.165, 1.54) is 25.4 Å². The van der Waals surface area contributed by atoms with Crippen LogP contribution in [0.3, 0.4) is 0 Å². The van der Waals surface area contributed by atoms with Crippen LogP contribution >= 0.6 is 0 Å². The third-order valence-corrected chi connectivity index (χ3v) is 4.80. The number of furan rings is 1. The lowest BCUT2D eigenvalue weighted by molar-refractivity contribution is -0.140. The number of likely N-dealkylation sites (N-methyl/N-ethyl adjacent to an activating group) is 1. The topological polar surface area (TPSA) is 92.5 Å². The number of hydrogen-bond acceptors (Lipinski definition) is 7. The highest BCUT2D eigenvalue weighted by Gasteiger charge is 2.47. The Bertz CT molecular complexity index is 933. The Morgan fingerprint density at radius 3 is 2.55 bits per heavy atom. The summed E-state index contributed by atoms with van der Waals surface area (Å²) in [6.07, 6.45) is 1.47. The average Bonchev–Trinajstić information content (AvgIpc) is 3.32. The molecule has 1 amide bonds. The number of aliphatic hydroxyl groups excluding tert-OH is 1. The molecule has 1 fully saturated rings. The van der Waals surface area contributed by atoms with Crippen molar-refractivity contribution in [2.45, 2.75) is 6.04 Å². The van der Waals surface area contributed by atoms with Crippen LogP contribution in [0, 0.1) is 0 Å². The molecule has 1 saturated heterocycles. The van der Waals surface area contributed by atoms with Gasteiger partial charge in [0.15, 0.2) is 0 Å². The molecule has 8 nitrogen and oxygen atoms in total. The van der Waals surface area contributed by atoms with Gasteiger partial charge in [0, 0.05) is 19.2 Å². The summed E-state index contributed by atoms with van der Waals surface area (Å²) < 4.78 is 16.0.